The van der Waals surface area contributed by atoms with Crippen LogP contribution >= 0.6 is 0 Å². The van der Waals surface area contributed by atoms with E-state index < -0.39 is 34.3 Å². The molecule has 1 N–H and O–H groups in total. The lowest BCUT2D eigenvalue weighted by atomic mass is 10.0. The number of carbonyl (C=O) groups is 2. The van der Waals surface area contributed by atoms with Gasteiger partial charge in [-0.1, -0.05) is 86.1 Å². The number of sulfonamides is 1. The number of nitrogens with one attached hydrogen (secondary N) is 1. The van der Waals surface area contributed by atoms with Gasteiger partial charge in [0.05, 0.1) is 17.2 Å². The van der Waals surface area contributed by atoms with E-state index in [1.54, 1.807) is 61.5 Å². The number of halogens is 1. The quantitative estimate of drug-likeness (QED) is 0.151. The third-order valence-electron chi connectivity index (χ3n) is 7.41. The summed E-state index contributed by atoms with van der Waals surface area (Å²) in [6, 6.07) is 28.5. The average Bonchev–Trinajstić information content (AvgIpc) is 3.07. The molecule has 1 unspecified atom stereocenters. The van der Waals surface area contributed by atoms with Crippen molar-refractivity contribution in [3.05, 3.63) is 126 Å². The first-order valence-electron chi connectivity index (χ1n) is 15.4. The summed E-state index contributed by atoms with van der Waals surface area (Å²) in [5.41, 5.74) is 1.60. The Morgan fingerprint density at radius 3 is 2.11 bits per heavy atom. The van der Waals surface area contributed by atoms with Gasteiger partial charge in [0.2, 0.25) is 11.8 Å². The van der Waals surface area contributed by atoms with E-state index in [9.17, 15) is 22.4 Å². The molecular weight excluding hydrogens is 605 g/mol. The predicted octanol–water partition coefficient (Wildman–Crippen LogP) is 5.98. The summed E-state index contributed by atoms with van der Waals surface area (Å²) in [6.45, 7) is 3.83. The van der Waals surface area contributed by atoms with Crippen molar-refractivity contribution in [2.45, 2.75) is 50.6 Å². The molecule has 1 atom stereocenters. The van der Waals surface area contributed by atoms with Crippen molar-refractivity contribution in [2.24, 2.45) is 0 Å². The van der Waals surface area contributed by atoms with Crippen LogP contribution in [0.2, 0.25) is 0 Å². The highest BCUT2D eigenvalue weighted by atomic mass is 32.2. The van der Waals surface area contributed by atoms with Crippen molar-refractivity contribution >= 4 is 27.5 Å². The van der Waals surface area contributed by atoms with Gasteiger partial charge in [0.15, 0.2) is 0 Å². The van der Waals surface area contributed by atoms with Crippen LogP contribution in [0.4, 0.5) is 10.1 Å². The molecule has 4 aromatic rings. The van der Waals surface area contributed by atoms with E-state index in [-0.39, 0.29) is 36.1 Å². The Morgan fingerprint density at radius 2 is 1.46 bits per heavy atom. The highest BCUT2D eigenvalue weighted by Crippen LogP contribution is 2.33. The molecule has 2 amide bonds. The third kappa shape index (κ3) is 8.94. The molecule has 0 aliphatic heterocycles. The topological polar surface area (TPSA) is 96.0 Å². The molecule has 0 spiro atoms. The van der Waals surface area contributed by atoms with Crippen molar-refractivity contribution in [3.8, 4) is 5.75 Å². The fourth-order valence-electron chi connectivity index (χ4n) is 5.02. The van der Waals surface area contributed by atoms with Gasteiger partial charge in [0.1, 0.15) is 24.2 Å². The van der Waals surface area contributed by atoms with Crippen LogP contribution in [-0.4, -0.2) is 50.9 Å². The molecule has 0 radical (unpaired) electrons. The number of hydrogen-bond donors (Lipinski definition) is 1. The van der Waals surface area contributed by atoms with Crippen LogP contribution in [0.3, 0.4) is 0 Å². The molecule has 0 saturated carbocycles. The zero-order valence-corrected chi connectivity index (χ0v) is 27.0. The lowest BCUT2D eigenvalue weighted by molar-refractivity contribution is -0.140. The second-order valence-corrected chi connectivity index (χ2v) is 12.6. The minimum atomic E-state index is -4.27. The van der Waals surface area contributed by atoms with Crippen LogP contribution < -0.4 is 14.4 Å². The summed E-state index contributed by atoms with van der Waals surface area (Å²) in [5.74, 6) is -1.12. The summed E-state index contributed by atoms with van der Waals surface area (Å²) < 4.78 is 49.1. The summed E-state index contributed by atoms with van der Waals surface area (Å²) in [7, 11) is -4.27. The minimum absolute atomic E-state index is 0.00247. The van der Waals surface area contributed by atoms with E-state index >= 15 is 0 Å². The second-order valence-electron chi connectivity index (χ2n) is 10.7. The lowest BCUT2D eigenvalue weighted by Crippen LogP contribution is -2.53. The first-order chi connectivity index (χ1) is 22.2. The van der Waals surface area contributed by atoms with Gasteiger partial charge in [-0.05, 0) is 60.9 Å². The first-order valence-corrected chi connectivity index (χ1v) is 16.8. The number of amides is 2. The Labute approximate surface area is 270 Å². The number of nitrogens with zero attached hydrogens (tertiary/aromatic N) is 2. The van der Waals surface area contributed by atoms with Crippen molar-refractivity contribution in [1.29, 1.82) is 0 Å². The van der Waals surface area contributed by atoms with Gasteiger partial charge < -0.3 is 15.0 Å². The molecule has 0 heterocycles. The monoisotopic (exact) mass is 645 g/mol. The number of rotatable bonds is 16. The van der Waals surface area contributed by atoms with Crippen LogP contribution in [-0.2, 0) is 32.6 Å². The number of benzene rings is 4. The average molecular weight is 646 g/mol. The second kappa shape index (κ2) is 16.6. The Balaban J connectivity index is 1.81. The Morgan fingerprint density at radius 1 is 0.826 bits per heavy atom. The number of ether oxygens (including phenoxy) is 1. The predicted molar refractivity (Wildman–Crippen MR) is 177 cm³/mol. The van der Waals surface area contributed by atoms with Crippen molar-refractivity contribution < 1.29 is 27.1 Å². The normalized spacial score (nSPS) is 11.8. The smallest absolute Gasteiger partial charge is 0.264 e. The van der Waals surface area contributed by atoms with E-state index in [1.807, 2.05) is 37.3 Å². The number of unbranched alkanes of at least 4 members (excludes halogenated alkanes) is 1. The van der Waals surface area contributed by atoms with Gasteiger partial charge in [0.25, 0.3) is 10.0 Å². The van der Waals surface area contributed by atoms with E-state index in [0.29, 0.717) is 17.9 Å². The maximum Gasteiger partial charge on any atom is 0.264 e. The van der Waals surface area contributed by atoms with E-state index in [2.05, 4.69) is 5.32 Å². The van der Waals surface area contributed by atoms with E-state index in [4.69, 9.17) is 4.74 Å². The number of carbonyl (C=O) groups excluding carboxylic acids is 2. The van der Waals surface area contributed by atoms with Gasteiger partial charge in [0, 0.05) is 19.5 Å². The summed E-state index contributed by atoms with van der Waals surface area (Å²) in [6.07, 6.45) is 1.81. The Bertz CT molecular complexity index is 1670. The molecule has 10 heteroatoms. The van der Waals surface area contributed by atoms with Gasteiger partial charge >= 0.3 is 0 Å². The van der Waals surface area contributed by atoms with Crippen molar-refractivity contribution in [2.75, 3.05) is 24.0 Å². The fraction of sp³-hybridized carbons (Fsp3) is 0.278. The van der Waals surface area contributed by atoms with E-state index in [1.165, 1.54) is 29.2 Å². The molecule has 0 aliphatic carbocycles. The van der Waals surface area contributed by atoms with Crippen LogP contribution in [0.5, 0.6) is 5.75 Å². The van der Waals surface area contributed by atoms with Crippen LogP contribution in [0, 0.1) is 5.82 Å². The number of hydrogen-bond acceptors (Lipinski definition) is 5. The van der Waals surface area contributed by atoms with Gasteiger partial charge in [-0.15, -0.1) is 0 Å². The number of anilines is 1. The van der Waals surface area contributed by atoms with Gasteiger partial charge in [-0.2, -0.15) is 0 Å². The molecule has 4 rings (SSSR count). The first kappa shape index (κ1) is 34.2. The lowest BCUT2D eigenvalue weighted by Gasteiger charge is -2.34. The molecule has 0 aromatic heterocycles. The van der Waals surface area contributed by atoms with Crippen LogP contribution in [0.25, 0.3) is 0 Å². The summed E-state index contributed by atoms with van der Waals surface area (Å²) >= 11 is 0. The summed E-state index contributed by atoms with van der Waals surface area (Å²) in [4.78, 5) is 29.7. The molecule has 0 fully saturated rings. The number of para-hydroxylation sites is 2. The zero-order chi connectivity index (χ0) is 32.9. The van der Waals surface area contributed by atoms with Gasteiger partial charge in [-0.25, -0.2) is 12.8 Å². The largest absolute Gasteiger partial charge is 0.492 e. The molecule has 0 saturated heterocycles. The highest BCUT2D eigenvalue weighted by Gasteiger charge is 2.35. The Hall–Kier alpha value is -4.70. The van der Waals surface area contributed by atoms with Gasteiger partial charge in [-0.3, -0.25) is 13.9 Å². The molecule has 242 valence electrons. The molecule has 4 aromatic carbocycles. The van der Waals surface area contributed by atoms with Crippen LogP contribution in [0.15, 0.2) is 114 Å². The SMILES string of the molecule is CCCCNC(=O)C(Cc1ccccc1)N(Cc1ccc(F)cc1)C(=O)CN(c1ccccc1OCC)S(=O)(=O)c1ccccc1. The maximum absolute atomic E-state index is 14.5. The molecule has 0 aliphatic rings. The summed E-state index contributed by atoms with van der Waals surface area (Å²) in [5, 5.41) is 2.96. The standard InChI is InChI=1S/C36H40FN3O5S/c1-3-5-24-38-36(42)33(25-28-14-8-6-9-15-28)39(26-29-20-22-30(37)23-21-29)35(41)27-40(32-18-12-13-19-34(32)45-4-2)46(43,44)31-16-10-7-11-17-31/h6-23,33H,3-5,24-27H2,1-2H3,(H,38,42). The third-order valence-corrected chi connectivity index (χ3v) is 9.18. The molecule has 46 heavy (non-hydrogen) atoms. The minimum Gasteiger partial charge on any atom is -0.492 e. The van der Waals surface area contributed by atoms with E-state index in [0.717, 1.165) is 22.7 Å². The van der Waals surface area contributed by atoms with Crippen molar-refractivity contribution in [1.82, 2.24) is 10.2 Å². The zero-order valence-electron chi connectivity index (χ0n) is 26.1. The molecule has 0 bridgehead atoms. The fourth-order valence-corrected chi connectivity index (χ4v) is 6.47. The molecule has 8 nitrogen and oxygen atoms in total. The van der Waals surface area contributed by atoms with Crippen molar-refractivity contribution in [3.63, 3.8) is 0 Å². The molecular formula is C36H40FN3O5S. The highest BCUT2D eigenvalue weighted by molar-refractivity contribution is 7.92. The van der Waals surface area contributed by atoms with Crippen LogP contribution in [0.1, 0.15) is 37.8 Å². The maximum atomic E-state index is 14.5. The Kier molecular flexibility index (Phi) is 12.3.